The number of rotatable bonds is 13. The zero-order valence-electron chi connectivity index (χ0n) is 17.6. The van der Waals surface area contributed by atoms with Gasteiger partial charge in [-0.05, 0) is 65.5 Å². The zero-order valence-corrected chi connectivity index (χ0v) is 19.2. The topological polar surface area (TPSA) is 62.8 Å². The summed E-state index contributed by atoms with van der Waals surface area (Å²) < 4.78 is 12.3. The van der Waals surface area contributed by atoms with Gasteiger partial charge in [-0.3, -0.25) is 0 Å². The molecule has 29 heavy (non-hydrogen) atoms. The molecule has 2 aromatic carbocycles. The third-order valence-electron chi connectivity index (χ3n) is 4.49. The van der Waals surface area contributed by atoms with Crippen LogP contribution in [-0.2, 0) is 6.54 Å². The van der Waals surface area contributed by atoms with E-state index in [-0.39, 0.29) is 0 Å². The molecule has 0 aliphatic heterocycles. The maximum atomic E-state index is 10.7. The molecule has 0 aliphatic carbocycles. The molecule has 2 rings (SSSR count). The zero-order chi connectivity index (χ0) is 21.1. The number of anilines is 1. The van der Waals surface area contributed by atoms with Gasteiger partial charge in [0, 0.05) is 30.2 Å². The van der Waals surface area contributed by atoms with Gasteiger partial charge in [0.05, 0.1) is 25.0 Å². The fourth-order valence-electron chi connectivity index (χ4n) is 3.05. The number of aliphatic hydroxyl groups is 1. The molecule has 0 saturated heterocycles. The van der Waals surface area contributed by atoms with Crippen molar-refractivity contribution in [3.63, 3.8) is 0 Å². The van der Waals surface area contributed by atoms with Crippen LogP contribution in [0.2, 0.25) is 0 Å². The third kappa shape index (κ3) is 7.53. The summed E-state index contributed by atoms with van der Waals surface area (Å²) in [6.45, 7) is 9.24. The third-order valence-corrected chi connectivity index (χ3v) is 5.16. The van der Waals surface area contributed by atoms with Crippen molar-refractivity contribution in [2.75, 3.05) is 31.6 Å². The van der Waals surface area contributed by atoms with Crippen LogP contribution in [0.3, 0.4) is 0 Å². The molecule has 0 saturated carbocycles. The second-order valence-corrected chi connectivity index (χ2v) is 7.66. The Morgan fingerprint density at radius 3 is 2.34 bits per heavy atom. The van der Waals surface area contributed by atoms with Gasteiger partial charge in [-0.1, -0.05) is 25.5 Å². The van der Waals surface area contributed by atoms with Gasteiger partial charge in [0.1, 0.15) is 11.5 Å². The molecule has 0 fully saturated rings. The Balaban J connectivity index is 2.01. The van der Waals surface area contributed by atoms with Crippen molar-refractivity contribution in [2.24, 2.45) is 0 Å². The summed E-state index contributed by atoms with van der Waals surface area (Å²) in [5.74, 6) is 1.42. The number of halogens is 1. The first kappa shape index (κ1) is 23.5. The van der Waals surface area contributed by atoms with Crippen molar-refractivity contribution < 1.29 is 14.6 Å². The van der Waals surface area contributed by atoms with Gasteiger partial charge >= 0.3 is 0 Å². The van der Waals surface area contributed by atoms with Crippen LogP contribution in [-0.4, -0.2) is 31.4 Å². The summed E-state index contributed by atoms with van der Waals surface area (Å²) in [5, 5.41) is 17.6. The molecule has 0 heterocycles. The van der Waals surface area contributed by atoms with E-state index < -0.39 is 6.10 Å². The number of hydrogen-bond donors (Lipinski definition) is 3. The summed E-state index contributed by atoms with van der Waals surface area (Å²) in [5.41, 5.74) is 3.06. The van der Waals surface area contributed by atoms with Gasteiger partial charge in [0.15, 0.2) is 0 Å². The molecule has 6 heteroatoms. The second kappa shape index (κ2) is 12.7. The van der Waals surface area contributed by atoms with Crippen LogP contribution in [0.25, 0.3) is 0 Å². The molecular weight excluding hydrogens is 432 g/mol. The van der Waals surface area contributed by atoms with Crippen molar-refractivity contribution >= 4 is 21.6 Å². The first-order valence-electron chi connectivity index (χ1n) is 10.4. The monoisotopic (exact) mass is 464 g/mol. The largest absolute Gasteiger partial charge is 0.494 e. The second-order valence-electron chi connectivity index (χ2n) is 6.80. The molecule has 1 atom stereocenters. The van der Waals surface area contributed by atoms with Gasteiger partial charge in [-0.15, -0.1) is 0 Å². The molecule has 0 spiro atoms. The summed E-state index contributed by atoms with van der Waals surface area (Å²) in [4.78, 5) is 0. The van der Waals surface area contributed by atoms with Crippen LogP contribution in [0.15, 0.2) is 40.9 Å². The number of ether oxygens (including phenoxy) is 2. The molecule has 0 aliphatic rings. The number of aliphatic hydroxyl groups excluding tert-OH is 1. The van der Waals surface area contributed by atoms with E-state index in [9.17, 15) is 5.11 Å². The van der Waals surface area contributed by atoms with Gasteiger partial charge in [-0.25, -0.2) is 0 Å². The lowest BCUT2D eigenvalue weighted by molar-refractivity contribution is 0.173. The van der Waals surface area contributed by atoms with Gasteiger partial charge in [0.25, 0.3) is 0 Å². The van der Waals surface area contributed by atoms with Crippen LogP contribution in [0, 0.1) is 0 Å². The summed E-state index contributed by atoms with van der Waals surface area (Å²) >= 11 is 3.63. The first-order chi connectivity index (χ1) is 14.1. The van der Waals surface area contributed by atoms with Crippen molar-refractivity contribution in [3.8, 4) is 11.5 Å². The Labute approximate surface area is 182 Å². The van der Waals surface area contributed by atoms with Crippen LogP contribution >= 0.6 is 15.9 Å². The fraction of sp³-hybridized carbons (Fsp3) is 0.478. The maximum absolute atomic E-state index is 10.7. The highest BCUT2D eigenvalue weighted by Gasteiger charge is 2.12. The fourth-order valence-corrected chi connectivity index (χ4v) is 3.60. The van der Waals surface area contributed by atoms with E-state index in [0.717, 1.165) is 35.1 Å². The van der Waals surface area contributed by atoms with Crippen LogP contribution in [0.1, 0.15) is 50.8 Å². The number of benzene rings is 2. The standard InChI is InChI=1S/C23H33BrN2O3/c1-4-7-11-26-23-17(9-8-10-21(23)24)15-25-16-22(27)18-12-19(28-5-2)14-20(13-18)29-6-3/h8-10,12-14,22,25-27H,4-7,11,15-16H2,1-3H3. The molecule has 2 aromatic rings. The highest BCUT2D eigenvalue weighted by atomic mass is 79.9. The van der Waals surface area contributed by atoms with Crippen LogP contribution in [0.5, 0.6) is 11.5 Å². The Morgan fingerprint density at radius 1 is 1.03 bits per heavy atom. The highest BCUT2D eigenvalue weighted by molar-refractivity contribution is 9.10. The normalized spacial score (nSPS) is 11.9. The van der Waals surface area contributed by atoms with Crippen molar-refractivity contribution in [2.45, 2.75) is 46.3 Å². The molecule has 5 nitrogen and oxygen atoms in total. The minimum atomic E-state index is -0.654. The summed E-state index contributed by atoms with van der Waals surface area (Å²) in [6, 6.07) is 11.8. The van der Waals surface area contributed by atoms with Gasteiger partial charge in [-0.2, -0.15) is 0 Å². The van der Waals surface area contributed by atoms with E-state index in [0.29, 0.717) is 37.8 Å². The Morgan fingerprint density at radius 2 is 1.72 bits per heavy atom. The molecular formula is C23H33BrN2O3. The highest BCUT2D eigenvalue weighted by Crippen LogP contribution is 2.28. The smallest absolute Gasteiger partial charge is 0.123 e. The molecule has 0 amide bonds. The lowest BCUT2D eigenvalue weighted by Crippen LogP contribution is -2.22. The van der Waals surface area contributed by atoms with E-state index in [1.165, 1.54) is 5.56 Å². The van der Waals surface area contributed by atoms with E-state index >= 15 is 0 Å². The average Bonchev–Trinajstić information content (AvgIpc) is 2.70. The summed E-state index contributed by atoms with van der Waals surface area (Å²) in [7, 11) is 0. The van der Waals surface area contributed by atoms with Crippen molar-refractivity contribution in [1.29, 1.82) is 0 Å². The van der Waals surface area contributed by atoms with Crippen LogP contribution < -0.4 is 20.1 Å². The lowest BCUT2D eigenvalue weighted by Gasteiger charge is -2.17. The SMILES string of the molecule is CCCCNc1c(Br)cccc1CNCC(O)c1cc(OCC)cc(OCC)c1. The number of nitrogens with one attached hydrogen (secondary N) is 2. The summed E-state index contributed by atoms with van der Waals surface area (Å²) in [6.07, 6.45) is 1.63. The molecule has 3 N–H and O–H groups in total. The lowest BCUT2D eigenvalue weighted by atomic mass is 10.1. The number of para-hydroxylation sites is 1. The van der Waals surface area contributed by atoms with E-state index in [2.05, 4.69) is 39.6 Å². The Hall–Kier alpha value is -1.76. The van der Waals surface area contributed by atoms with Crippen LogP contribution in [0.4, 0.5) is 5.69 Å². The Kier molecular flexibility index (Phi) is 10.3. The van der Waals surface area contributed by atoms with Crippen molar-refractivity contribution in [1.82, 2.24) is 5.32 Å². The van der Waals surface area contributed by atoms with E-state index in [1.807, 2.05) is 44.2 Å². The minimum Gasteiger partial charge on any atom is -0.494 e. The quantitative estimate of drug-likeness (QED) is 0.352. The molecule has 0 bridgehead atoms. The maximum Gasteiger partial charge on any atom is 0.123 e. The Bertz CT molecular complexity index is 731. The predicted molar refractivity (Wildman–Crippen MR) is 123 cm³/mol. The van der Waals surface area contributed by atoms with Crippen molar-refractivity contribution in [3.05, 3.63) is 52.0 Å². The number of hydrogen-bond acceptors (Lipinski definition) is 5. The predicted octanol–water partition coefficient (Wildman–Crippen LogP) is 5.28. The first-order valence-corrected chi connectivity index (χ1v) is 11.2. The molecule has 0 aromatic heterocycles. The number of unbranched alkanes of at least 4 members (excludes halogenated alkanes) is 1. The average molecular weight is 465 g/mol. The van der Waals surface area contributed by atoms with Gasteiger partial charge in [0.2, 0.25) is 0 Å². The molecule has 160 valence electrons. The van der Waals surface area contributed by atoms with Gasteiger partial charge < -0.3 is 25.2 Å². The van der Waals surface area contributed by atoms with E-state index in [4.69, 9.17) is 9.47 Å². The molecule has 1 unspecified atom stereocenters. The molecule has 0 radical (unpaired) electrons. The van der Waals surface area contributed by atoms with E-state index in [1.54, 1.807) is 0 Å². The minimum absolute atomic E-state index is 0.433.